The Morgan fingerprint density at radius 1 is 1.16 bits per heavy atom. The molecule has 0 bridgehead atoms. The molecule has 0 spiro atoms. The number of hydrogen-bond acceptors (Lipinski definition) is 6. The Labute approximate surface area is 109 Å². The van der Waals surface area contributed by atoms with Gasteiger partial charge in [0.05, 0.1) is 11.6 Å². The van der Waals surface area contributed by atoms with Crippen LogP contribution in [0.4, 0.5) is 5.82 Å². The molecule has 0 amide bonds. The summed E-state index contributed by atoms with van der Waals surface area (Å²) in [5.41, 5.74) is 0.752. The first-order valence-electron chi connectivity index (χ1n) is 6.14. The summed E-state index contributed by atoms with van der Waals surface area (Å²) in [6, 6.07) is 0. The summed E-state index contributed by atoms with van der Waals surface area (Å²) in [6.45, 7) is 1.79. The van der Waals surface area contributed by atoms with Crippen LogP contribution in [0.3, 0.4) is 0 Å². The summed E-state index contributed by atoms with van der Waals surface area (Å²) in [5.74, 6) is 0.822. The molecule has 0 fully saturated rings. The van der Waals surface area contributed by atoms with Gasteiger partial charge in [-0.2, -0.15) is 5.10 Å². The van der Waals surface area contributed by atoms with Gasteiger partial charge in [0.15, 0.2) is 5.65 Å². The van der Waals surface area contributed by atoms with Gasteiger partial charge < -0.3 is 9.88 Å². The summed E-state index contributed by atoms with van der Waals surface area (Å²) >= 11 is 0. The van der Waals surface area contributed by atoms with E-state index in [-0.39, 0.29) is 0 Å². The van der Waals surface area contributed by atoms with Crippen molar-refractivity contribution in [1.82, 2.24) is 34.9 Å². The number of rotatable bonds is 6. The molecule has 0 aliphatic rings. The van der Waals surface area contributed by atoms with E-state index in [1.807, 2.05) is 4.57 Å². The van der Waals surface area contributed by atoms with Crippen LogP contribution in [0.15, 0.2) is 25.2 Å². The molecule has 0 unspecified atom stereocenters. The largest absolute Gasteiger partial charge is 0.369 e. The molecule has 98 valence electrons. The van der Waals surface area contributed by atoms with Crippen LogP contribution >= 0.6 is 0 Å². The summed E-state index contributed by atoms with van der Waals surface area (Å²) < 4.78 is 1.97. The highest BCUT2D eigenvalue weighted by molar-refractivity contribution is 5.85. The van der Waals surface area contributed by atoms with Gasteiger partial charge in [-0.25, -0.2) is 9.97 Å². The number of H-pyrrole nitrogens is 1. The first-order valence-corrected chi connectivity index (χ1v) is 6.14. The molecule has 0 aliphatic heterocycles. The van der Waals surface area contributed by atoms with E-state index in [0.717, 1.165) is 42.8 Å². The van der Waals surface area contributed by atoms with Crippen molar-refractivity contribution in [3.63, 3.8) is 0 Å². The number of nitrogens with zero attached hydrogens (tertiary/aromatic N) is 6. The molecule has 0 aromatic carbocycles. The number of aryl methyl sites for hydroxylation is 1. The topological polar surface area (TPSA) is 97.2 Å². The highest BCUT2D eigenvalue weighted by Crippen LogP contribution is 2.15. The number of aromatic amines is 1. The molecule has 0 radical (unpaired) electrons. The van der Waals surface area contributed by atoms with Gasteiger partial charge in [0.2, 0.25) is 0 Å². The van der Waals surface area contributed by atoms with Gasteiger partial charge in [-0.3, -0.25) is 5.10 Å². The summed E-state index contributed by atoms with van der Waals surface area (Å²) in [5, 5.41) is 18.5. The summed E-state index contributed by atoms with van der Waals surface area (Å²) in [7, 11) is 0. The Morgan fingerprint density at radius 2 is 2.05 bits per heavy atom. The highest BCUT2D eigenvalue weighted by Gasteiger charge is 2.03. The van der Waals surface area contributed by atoms with E-state index in [0.29, 0.717) is 0 Å². The second kappa shape index (κ2) is 5.42. The predicted molar refractivity (Wildman–Crippen MR) is 69.4 cm³/mol. The van der Waals surface area contributed by atoms with Crippen molar-refractivity contribution >= 4 is 16.9 Å². The van der Waals surface area contributed by atoms with Gasteiger partial charge in [-0.05, 0) is 12.8 Å². The fourth-order valence-electron chi connectivity index (χ4n) is 1.87. The summed E-state index contributed by atoms with van der Waals surface area (Å²) in [6.07, 6.45) is 8.82. The van der Waals surface area contributed by atoms with Gasteiger partial charge in [-0.1, -0.05) is 0 Å². The summed E-state index contributed by atoms with van der Waals surface area (Å²) in [4.78, 5) is 8.31. The molecule has 8 heteroatoms. The Hall–Kier alpha value is -2.51. The molecule has 0 saturated heterocycles. The van der Waals surface area contributed by atoms with Crippen molar-refractivity contribution < 1.29 is 0 Å². The van der Waals surface area contributed by atoms with Crippen LogP contribution in [0.1, 0.15) is 12.8 Å². The molecule has 0 aliphatic carbocycles. The molecule has 3 aromatic heterocycles. The second-order valence-corrected chi connectivity index (χ2v) is 4.19. The first kappa shape index (κ1) is 11.6. The van der Waals surface area contributed by atoms with Gasteiger partial charge in [-0.15, -0.1) is 10.2 Å². The normalized spacial score (nSPS) is 10.9. The lowest BCUT2D eigenvalue weighted by atomic mass is 10.3. The van der Waals surface area contributed by atoms with Crippen LogP contribution in [-0.2, 0) is 6.54 Å². The molecule has 3 aromatic rings. The third kappa shape index (κ3) is 2.67. The number of hydrogen-bond donors (Lipinski definition) is 2. The Kier molecular flexibility index (Phi) is 3.30. The average Bonchev–Trinajstić information content (AvgIpc) is 3.09. The minimum atomic E-state index is 0.752. The molecule has 2 N–H and O–H groups in total. The van der Waals surface area contributed by atoms with Crippen molar-refractivity contribution in [2.45, 2.75) is 19.4 Å². The molecular weight excluding hydrogens is 244 g/mol. The number of anilines is 1. The average molecular weight is 258 g/mol. The minimum Gasteiger partial charge on any atom is -0.369 e. The monoisotopic (exact) mass is 258 g/mol. The van der Waals surface area contributed by atoms with Crippen LogP contribution in [0.25, 0.3) is 11.0 Å². The lowest BCUT2D eigenvalue weighted by Crippen LogP contribution is -2.05. The van der Waals surface area contributed by atoms with Crippen LogP contribution in [0, 0.1) is 0 Å². The van der Waals surface area contributed by atoms with E-state index in [2.05, 4.69) is 35.7 Å². The Balaban J connectivity index is 1.48. The molecule has 0 atom stereocenters. The molecule has 8 nitrogen and oxygen atoms in total. The van der Waals surface area contributed by atoms with Gasteiger partial charge in [0.25, 0.3) is 0 Å². The van der Waals surface area contributed by atoms with Crippen molar-refractivity contribution in [2.24, 2.45) is 0 Å². The molecule has 0 saturated carbocycles. The minimum absolute atomic E-state index is 0.752. The number of fused-ring (bicyclic) bond motifs is 1. The third-order valence-electron chi connectivity index (χ3n) is 2.85. The van der Waals surface area contributed by atoms with E-state index in [4.69, 9.17) is 0 Å². The zero-order chi connectivity index (χ0) is 12.9. The maximum absolute atomic E-state index is 4.22. The standard InChI is InChI=1S/C11H14N8/c1(2-4-19-7-16-17-8-19)3-12-10-9-5-15-18-11(9)14-6-13-10/h5-8H,1-4H2,(H2,12,13,14,15,18). The zero-order valence-corrected chi connectivity index (χ0v) is 10.3. The van der Waals surface area contributed by atoms with E-state index in [1.54, 1.807) is 18.9 Å². The van der Waals surface area contributed by atoms with Crippen molar-refractivity contribution in [2.75, 3.05) is 11.9 Å². The van der Waals surface area contributed by atoms with Gasteiger partial charge in [0.1, 0.15) is 24.8 Å². The van der Waals surface area contributed by atoms with Crippen molar-refractivity contribution in [3.05, 3.63) is 25.2 Å². The van der Waals surface area contributed by atoms with E-state index in [1.165, 1.54) is 6.33 Å². The molecule has 3 rings (SSSR count). The number of unbranched alkanes of at least 4 members (excludes halogenated alkanes) is 1. The lowest BCUT2D eigenvalue weighted by Gasteiger charge is -2.06. The lowest BCUT2D eigenvalue weighted by molar-refractivity contribution is 0.619. The Morgan fingerprint density at radius 3 is 2.95 bits per heavy atom. The van der Waals surface area contributed by atoms with Gasteiger partial charge >= 0.3 is 0 Å². The fourth-order valence-corrected chi connectivity index (χ4v) is 1.87. The van der Waals surface area contributed by atoms with Crippen LogP contribution in [-0.4, -0.2) is 41.5 Å². The smallest absolute Gasteiger partial charge is 0.160 e. The van der Waals surface area contributed by atoms with Crippen LogP contribution in [0.2, 0.25) is 0 Å². The van der Waals surface area contributed by atoms with Crippen molar-refractivity contribution in [1.29, 1.82) is 0 Å². The van der Waals surface area contributed by atoms with Crippen LogP contribution < -0.4 is 5.32 Å². The van der Waals surface area contributed by atoms with Crippen LogP contribution in [0.5, 0.6) is 0 Å². The van der Waals surface area contributed by atoms with Gasteiger partial charge in [0, 0.05) is 13.1 Å². The predicted octanol–water partition coefficient (Wildman–Crippen LogP) is 0.837. The maximum Gasteiger partial charge on any atom is 0.160 e. The molecular formula is C11H14N8. The molecule has 19 heavy (non-hydrogen) atoms. The fraction of sp³-hybridized carbons (Fsp3) is 0.364. The van der Waals surface area contributed by atoms with E-state index >= 15 is 0 Å². The van der Waals surface area contributed by atoms with E-state index in [9.17, 15) is 0 Å². The Bertz CT molecular complexity index is 629. The zero-order valence-electron chi connectivity index (χ0n) is 10.3. The third-order valence-corrected chi connectivity index (χ3v) is 2.85. The maximum atomic E-state index is 4.22. The van der Waals surface area contributed by atoms with E-state index < -0.39 is 0 Å². The van der Waals surface area contributed by atoms with Crippen molar-refractivity contribution in [3.8, 4) is 0 Å². The quantitative estimate of drug-likeness (QED) is 0.636. The first-order chi connectivity index (χ1) is 9.43. The highest BCUT2D eigenvalue weighted by atomic mass is 15.2. The molecule has 3 heterocycles. The number of aromatic nitrogens is 7. The number of nitrogens with one attached hydrogen (secondary N) is 2. The second-order valence-electron chi connectivity index (χ2n) is 4.19. The SMILES string of the molecule is c1nc(NCCCCn2cnnc2)c2cn[nH]c2n1.